The van der Waals surface area contributed by atoms with Gasteiger partial charge in [-0.1, -0.05) is 12.1 Å². The highest BCUT2D eigenvalue weighted by Crippen LogP contribution is 2.32. The van der Waals surface area contributed by atoms with Crippen molar-refractivity contribution in [1.82, 2.24) is 0 Å². The van der Waals surface area contributed by atoms with Crippen molar-refractivity contribution in [3.8, 4) is 0 Å². The summed E-state index contributed by atoms with van der Waals surface area (Å²) in [6, 6.07) is 7.46. The first kappa shape index (κ1) is 11.4. The van der Waals surface area contributed by atoms with Crippen LogP contribution in [-0.4, -0.2) is 18.4 Å². The molecule has 2 atom stereocenters. The van der Waals surface area contributed by atoms with Gasteiger partial charge in [-0.3, -0.25) is 0 Å². The van der Waals surface area contributed by atoms with Crippen molar-refractivity contribution in [2.24, 2.45) is 5.73 Å². The van der Waals surface area contributed by atoms with Crippen LogP contribution in [0.5, 0.6) is 0 Å². The van der Waals surface area contributed by atoms with Gasteiger partial charge in [0.1, 0.15) is 6.10 Å². The zero-order chi connectivity index (χ0) is 11.8. The summed E-state index contributed by atoms with van der Waals surface area (Å²) in [6.45, 7) is 4.29. The van der Waals surface area contributed by atoms with Crippen molar-refractivity contribution >= 4 is 5.69 Å². The quantitative estimate of drug-likeness (QED) is 0.705. The van der Waals surface area contributed by atoms with E-state index in [1.54, 1.807) is 0 Å². The van der Waals surface area contributed by atoms with Gasteiger partial charge in [0.15, 0.2) is 5.79 Å². The number of nitrogens with two attached hydrogens (primary N) is 2. The molecule has 0 aromatic heterocycles. The van der Waals surface area contributed by atoms with Crippen LogP contribution < -0.4 is 11.5 Å². The van der Waals surface area contributed by atoms with Crippen LogP contribution in [0.2, 0.25) is 0 Å². The summed E-state index contributed by atoms with van der Waals surface area (Å²) in [4.78, 5) is 0. The van der Waals surface area contributed by atoms with Gasteiger partial charge in [-0.15, -0.1) is 0 Å². The fourth-order valence-corrected chi connectivity index (χ4v) is 1.81. The van der Waals surface area contributed by atoms with Crippen molar-refractivity contribution in [3.63, 3.8) is 0 Å². The van der Waals surface area contributed by atoms with Gasteiger partial charge in [0.25, 0.3) is 0 Å². The standard InChI is InChI=1S/C12H18N2O2/c1-12(2)15-7-10(14)11(16-12)8-3-5-9(13)6-4-8/h3-6,10-11H,7,13-14H2,1-2H3/t10-,11-/m0/s1. The Morgan fingerprint density at radius 3 is 2.50 bits per heavy atom. The van der Waals surface area contributed by atoms with Gasteiger partial charge in [0.2, 0.25) is 0 Å². The maximum absolute atomic E-state index is 5.99. The van der Waals surface area contributed by atoms with Crippen LogP contribution in [0.15, 0.2) is 24.3 Å². The second-order valence-electron chi connectivity index (χ2n) is 4.58. The average Bonchev–Trinajstić information content (AvgIpc) is 2.23. The smallest absolute Gasteiger partial charge is 0.163 e. The van der Waals surface area contributed by atoms with E-state index in [1.165, 1.54) is 0 Å². The van der Waals surface area contributed by atoms with Crippen LogP contribution >= 0.6 is 0 Å². The molecule has 2 rings (SSSR count). The summed E-state index contributed by atoms with van der Waals surface area (Å²) < 4.78 is 11.3. The molecule has 0 spiro atoms. The van der Waals surface area contributed by atoms with Gasteiger partial charge < -0.3 is 20.9 Å². The van der Waals surface area contributed by atoms with E-state index in [1.807, 2.05) is 38.1 Å². The summed E-state index contributed by atoms with van der Waals surface area (Å²) in [7, 11) is 0. The van der Waals surface area contributed by atoms with Gasteiger partial charge in [0, 0.05) is 5.69 Å². The SMILES string of the molecule is CC1(C)OC[C@H](N)[C@H](c2ccc(N)cc2)O1. The molecular formula is C12H18N2O2. The molecule has 1 aromatic rings. The molecule has 16 heavy (non-hydrogen) atoms. The molecule has 0 bridgehead atoms. The van der Waals surface area contributed by atoms with Crippen molar-refractivity contribution in [2.75, 3.05) is 12.3 Å². The van der Waals surface area contributed by atoms with Crippen LogP contribution in [0.4, 0.5) is 5.69 Å². The molecule has 1 heterocycles. The lowest BCUT2D eigenvalue weighted by molar-refractivity contribution is -0.281. The predicted molar refractivity (Wildman–Crippen MR) is 62.7 cm³/mol. The lowest BCUT2D eigenvalue weighted by Gasteiger charge is -2.39. The van der Waals surface area contributed by atoms with Gasteiger partial charge >= 0.3 is 0 Å². The number of hydrogen-bond acceptors (Lipinski definition) is 4. The molecule has 4 heteroatoms. The van der Waals surface area contributed by atoms with Gasteiger partial charge in [-0.05, 0) is 31.5 Å². The zero-order valence-corrected chi connectivity index (χ0v) is 9.64. The van der Waals surface area contributed by atoms with Crippen molar-refractivity contribution < 1.29 is 9.47 Å². The van der Waals surface area contributed by atoms with Crippen LogP contribution in [0, 0.1) is 0 Å². The molecule has 1 fully saturated rings. The van der Waals surface area contributed by atoms with Gasteiger partial charge in [-0.25, -0.2) is 0 Å². The summed E-state index contributed by atoms with van der Waals surface area (Å²) >= 11 is 0. The molecule has 0 saturated carbocycles. The summed E-state index contributed by atoms with van der Waals surface area (Å²) in [5.41, 5.74) is 13.4. The average molecular weight is 222 g/mol. The number of rotatable bonds is 1. The normalized spacial score (nSPS) is 28.9. The molecule has 4 N–H and O–H groups in total. The largest absolute Gasteiger partial charge is 0.399 e. The Morgan fingerprint density at radius 1 is 1.25 bits per heavy atom. The van der Waals surface area contributed by atoms with E-state index < -0.39 is 5.79 Å². The van der Waals surface area contributed by atoms with Crippen molar-refractivity contribution in [3.05, 3.63) is 29.8 Å². The third-order valence-corrected chi connectivity index (χ3v) is 2.69. The Labute approximate surface area is 95.5 Å². The minimum Gasteiger partial charge on any atom is -0.399 e. The number of ether oxygens (including phenoxy) is 2. The lowest BCUT2D eigenvalue weighted by Crippen LogP contribution is -2.48. The molecule has 88 valence electrons. The third-order valence-electron chi connectivity index (χ3n) is 2.69. The van der Waals surface area contributed by atoms with Gasteiger partial charge in [-0.2, -0.15) is 0 Å². The highest BCUT2D eigenvalue weighted by Gasteiger charge is 2.35. The lowest BCUT2D eigenvalue weighted by atomic mass is 10.0. The van der Waals surface area contributed by atoms with Crippen LogP contribution in [-0.2, 0) is 9.47 Å². The van der Waals surface area contributed by atoms with E-state index in [9.17, 15) is 0 Å². The Bertz CT molecular complexity index is 362. The minimum absolute atomic E-state index is 0.135. The Morgan fingerprint density at radius 2 is 1.88 bits per heavy atom. The van der Waals surface area contributed by atoms with E-state index in [0.29, 0.717) is 6.61 Å². The predicted octanol–water partition coefficient (Wildman–Crippen LogP) is 1.42. The fraction of sp³-hybridized carbons (Fsp3) is 0.500. The second kappa shape index (κ2) is 4.05. The first-order chi connectivity index (χ1) is 7.48. The topological polar surface area (TPSA) is 70.5 Å². The minimum atomic E-state index is -0.581. The van der Waals surface area contributed by atoms with E-state index in [2.05, 4.69) is 0 Å². The number of hydrogen-bond donors (Lipinski definition) is 2. The summed E-state index contributed by atoms with van der Waals surface area (Å²) in [6.07, 6.45) is -0.135. The number of anilines is 1. The summed E-state index contributed by atoms with van der Waals surface area (Å²) in [5, 5.41) is 0. The molecule has 0 aliphatic carbocycles. The molecule has 1 saturated heterocycles. The first-order valence-corrected chi connectivity index (χ1v) is 5.41. The maximum Gasteiger partial charge on any atom is 0.163 e. The molecular weight excluding hydrogens is 204 g/mol. The fourth-order valence-electron chi connectivity index (χ4n) is 1.81. The molecule has 1 aliphatic heterocycles. The van der Waals surface area contributed by atoms with Crippen LogP contribution in [0.1, 0.15) is 25.5 Å². The molecule has 4 nitrogen and oxygen atoms in total. The molecule has 0 amide bonds. The highest BCUT2D eigenvalue weighted by atomic mass is 16.7. The van der Waals surface area contributed by atoms with E-state index in [4.69, 9.17) is 20.9 Å². The van der Waals surface area contributed by atoms with Gasteiger partial charge in [0.05, 0.1) is 12.6 Å². The highest BCUT2D eigenvalue weighted by molar-refractivity contribution is 5.40. The molecule has 1 aromatic carbocycles. The van der Waals surface area contributed by atoms with E-state index >= 15 is 0 Å². The Kier molecular flexibility index (Phi) is 2.88. The summed E-state index contributed by atoms with van der Waals surface area (Å²) in [5.74, 6) is -0.581. The van der Waals surface area contributed by atoms with Crippen molar-refractivity contribution in [2.45, 2.75) is 31.8 Å². The number of nitrogen functional groups attached to an aromatic ring is 1. The van der Waals surface area contributed by atoms with E-state index in [0.717, 1.165) is 11.3 Å². The van der Waals surface area contributed by atoms with Crippen molar-refractivity contribution in [1.29, 1.82) is 0 Å². The van der Waals surface area contributed by atoms with E-state index in [-0.39, 0.29) is 12.1 Å². The first-order valence-electron chi connectivity index (χ1n) is 5.41. The monoisotopic (exact) mass is 222 g/mol. The zero-order valence-electron chi connectivity index (χ0n) is 9.64. The molecule has 0 radical (unpaired) electrons. The van der Waals surface area contributed by atoms with Crippen LogP contribution in [0.25, 0.3) is 0 Å². The Hall–Kier alpha value is -1.10. The molecule has 0 unspecified atom stereocenters. The third kappa shape index (κ3) is 2.35. The number of benzene rings is 1. The second-order valence-corrected chi connectivity index (χ2v) is 4.58. The van der Waals surface area contributed by atoms with Crippen LogP contribution in [0.3, 0.4) is 0 Å². The maximum atomic E-state index is 5.99. The Balaban J connectivity index is 2.21. The molecule has 1 aliphatic rings.